The molecule has 0 unspecified atom stereocenters. The smallest absolute Gasteiger partial charge is 0.262 e. The highest BCUT2D eigenvalue weighted by Gasteiger charge is 2.18. The van der Waals surface area contributed by atoms with Crippen molar-refractivity contribution in [1.82, 2.24) is 24.7 Å². The number of hydrogen-bond donors (Lipinski definition) is 2. The summed E-state index contributed by atoms with van der Waals surface area (Å²) in [5.74, 6) is 1.20. The Kier molecular flexibility index (Phi) is 5.96. The Bertz CT molecular complexity index is 985. The van der Waals surface area contributed by atoms with Crippen LogP contribution in [0.1, 0.15) is 16.1 Å². The number of aromatic nitrogens is 4. The zero-order valence-electron chi connectivity index (χ0n) is 15.7. The Morgan fingerprint density at radius 2 is 2.00 bits per heavy atom. The number of amides is 1. The van der Waals surface area contributed by atoms with Gasteiger partial charge in [0.15, 0.2) is 5.65 Å². The van der Waals surface area contributed by atoms with Crippen molar-refractivity contribution in [2.24, 2.45) is 0 Å². The molecule has 10 heteroatoms. The van der Waals surface area contributed by atoms with Crippen molar-refractivity contribution in [1.29, 1.82) is 0 Å². The van der Waals surface area contributed by atoms with Crippen molar-refractivity contribution in [2.45, 2.75) is 6.92 Å². The molecule has 2 N–H and O–H groups in total. The highest BCUT2D eigenvalue weighted by atomic mass is 35.5. The maximum atomic E-state index is 12.7. The Labute approximate surface area is 168 Å². The van der Waals surface area contributed by atoms with Crippen LogP contribution in [0.5, 0.6) is 5.88 Å². The Balaban J connectivity index is 0.00000225. The van der Waals surface area contributed by atoms with E-state index in [-0.39, 0.29) is 18.3 Å². The first-order valence-electron chi connectivity index (χ1n) is 8.77. The summed E-state index contributed by atoms with van der Waals surface area (Å²) in [6.45, 7) is 5.47. The number of nitrogens with one attached hydrogen (secondary N) is 2. The molecule has 1 aliphatic heterocycles. The average molecular weight is 404 g/mol. The highest BCUT2D eigenvalue weighted by Crippen LogP contribution is 2.22. The van der Waals surface area contributed by atoms with E-state index in [1.807, 2.05) is 23.6 Å². The number of methoxy groups -OCH3 is 1. The maximum Gasteiger partial charge on any atom is 0.262 e. The van der Waals surface area contributed by atoms with Crippen molar-refractivity contribution in [3.05, 3.63) is 42.0 Å². The third kappa shape index (κ3) is 4.00. The lowest BCUT2D eigenvalue weighted by molar-refractivity contribution is 0.102. The fourth-order valence-corrected chi connectivity index (χ4v) is 3.10. The van der Waals surface area contributed by atoms with Crippen LogP contribution in [-0.4, -0.2) is 58.5 Å². The number of pyridine rings is 1. The number of aryl methyl sites for hydroxylation is 1. The van der Waals surface area contributed by atoms with Gasteiger partial charge in [-0.25, -0.2) is 9.97 Å². The third-order valence-electron chi connectivity index (χ3n) is 4.43. The molecule has 3 aromatic heterocycles. The van der Waals surface area contributed by atoms with E-state index in [0.717, 1.165) is 43.3 Å². The first-order valence-corrected chi connectivity index (χ1v) is 8.77. The molecule has 1 fully saturated rings. The van der Waals surface area contributed by atoms with Crippen molar-refractivity contribution in [3.63, 3.8) is 0 Å². The quantitative estimate of drug-likeness (QED) is 0.681. The van der Waals surface area contributed by atoms with Gasteiger partial charge in [0.1, 0.15) is 17.2 Å². The van der Waals surface area contributed by atoms with Gasteiger partial charge in [-0.1, -0.05) is 0 Å². The topological polar surface area (TPSA) is 96.7 Å². The fraction of sp³-hybridized carbons (Fsp3) is 0.333. The molecule has 4 heterocycles. The largest absolute Gasteiger partial charge is 0.480 e. The minimum absolute atomic E-state index is 0. The van der Waals surface area contributed by atoms with Gasteiger partial charge in [0.25, 0.3) is 5.91 Å². The number of imidazole rings is 1. The number of carbonyl (C=O) groups is 1. The molecule has 3 aromatic rings. The molecule has 28 heavy (non-hydrogen) atoms. The number of halogens is 1. The molecule has 4 rings (SSSR count). The van der Waals surface area contributed by atoms with E-state index < -0.39 is 0 Å². The summed E-state index contributed by atoms with van der Waals surface area (Å²) < 4.78 is 7.18. The van der Waals surface area contributed by atoms with Gasteiger partial charge in [0, 0.05) is 32.4 Å². The Morgan fingerprint density at radius 1 is 1.21 bits per heavy atom. The number of anilines is 2. The zero-order chi connectivity index (χ0) is 18.8. The second-order valence-electron chi connectivity index (χ2n) is 6.34. The van der Waals surface area contributed by atoms with Gasteiger partial charge in [0.05, 0.1) is 25.2 Å². The van der Waals surface area contributed by atoms with Crippen molar-refractivity contribution < 1.29 is 9.53 Å². The summed E-state index contributed by atoms with van der Waals surface area (Å²) in [4.78, 5) is 27.9. The molecule has 0 bridgehead atoms. The van der Waals surface area contributed by atoms with Crippen molar-refractivity contribution in [3.8, 4) is 5.88 Å². The normalized spacial score (nSPS) is 13.9. The molecule has 0 atom stereocenters. The molecule has 0 aliphatic carbocycles. The van der Waals surface area contributed by atoms with Gasteiger partial charge in [0.2, 0.25) is 5.88 Å². The van der Waals surface area contributed by atoms with E-state index in [4.69, 9.17) is 4.74 Å². The molecule has 1 saturated heterocycles. The molecular formula is C18H22ClN7O2. The van der Waals surface area contributed by atoms with E-state index in [2.05, 4.69) is 30.5 Å². The number of hydrogen-bond acceptors (Lipinski definition) is 7. The number of rotatable bonds is 4. The SMILES string of the molecule is COc1nc(N2CCNCC2)ccc1C(=O)Nc1cn2cc(C)nc2cn1.Cl. The van der Waals surface area contributed by atoms with Crippen molar-refractivity contribution in [2.75, 3.05) is 43.5 Å². The van der Waals surface area contributed by atoms with Gasteiger partial charge >= 0.3 is 0 Å². The molecule has 0 radical (unpaired) electrons. The first kappa shape index (κ1) is 19.8. The average Bonchev–Trinajstić information content (AvgIpc) is 3.07. The summed E-state index contributed by atoms with van der Waals surface area (Å²) in [5, 5.41) is 6.10. The number of ether oxygens (including phenoxy) is 1. The lowest BCUT2D eigenvalue weighted by Gasteiger charge is -2.28. The predicted molar refractivity (Wildman–Crippen MR) is 109 cm³/mol. The molecule has 1 aliphatic rings. The van der Waals surface area contributed by atoms with Crippen molar-refractivity contribution >= 4 is 35.6 Å². The lowest BCUT2D eigenvalue weighted by atomic mass is 10.2. The first-order chi connectivity index (χ1) is 13.1. The van der Waals surface area contributed by atoms with E-state index in [0.29, 0.717) is 17.3 Å². The van der Waals surface area contributed by atoms with Crippen LogP contribution in [0.25, 0.3) is 5.65 Å². The second kappa shape index (κ2) is 8.41. The predicted octanol–water partition coefficient (Wildman–Crippen LogP) is 1.53. The van der Waals surface area contributed by atoms with Gasteiger partial charge in [-0.05, 0) is 19.1 Å². The minimum Gasteiger partial charge on any atom is -0.480 e. The third-order valence-corrected chi connectivity index (χ3v) is 4.43. The van der Waals surface area contributed by atoms with Crippen LogP contribution in [-0.2, 0) is 0 Å². The Hall–Kier alpha value is -2.91. The van der Waals surface area contributed by atoms with Crippen LogP contribution < -0.4 is 20.3 Å². The number of piperazine rings is 1. The maximum absolute atomic E-state index is 12.7. The van der Waals surface area contributed by atoms with Crippen LogP contribution >= 0.6 is 12.4 Å². The van der Waals surface area contributed by atoms with Gasteiger partial charge in [-0.2, -0.15) is 4.98 Å². The molecule has 0 aromatic carbocycles. The standard InChI is InChI=1S/C18H21N7O2.ClH/c1-12-10-25-11-14(20-9-16(25)21-12)22-17(26)13-3-4-15(23-18(13)27-2)24-7-5-19-6-8-24;/h3-4,9-11,19H,5-8H2,1-2H3,(H,22,26);1H. The number of carbonyl (C=O) groups excluding carboxylic acids is 1. The number of nitrogens with zero attached hydrogens (tertiary/aromatic N) is 5. The van der Waals surface area contributed by atoms with Crippen LogP contribution in [0, 0.1) is 6.92 Å². The summed E-state index contributed by atoms with van der Waals surface area (Å²) >= 11 is 0. The lowest BCUT2D eigenvalue weighted by Crippen LogP contribution is -2.43. The molecule has 1 amide bonds. The highest BCUT2D eigenvalue weighted by molar-refractivity contribution is 6.05. The monoisotopic (exact) mass is 403 g/mol. The molecule has 148 valence electrons. The second-order valence-corrected chi connectivity index (χ2v) is 6.34. The van der Waals surface area contributed by atoms with Crippen LogP contribution in [0.15, 0.2) is 30.7 Å². The summed E-state index contributed by atoms with van der Waals surface area (Å²) in [7, 11) is 1.51. The number of fused-ring (bicyclic) bond motifs is 1. The minimum atomic E-state index is -0.324. The van der Waals surface area contributed by atoms with Crippen LogP contribution in [0.3, 0.4) is 0 Å². The van der Waals surface area contributed by atoms with Crippen LogP contribution in [0.2, 0.25) is 0 Å². The van der Waals surface area contributed by atoms with Gasteiger partial charge in [-0.3, -0.25) is 4.79 Å². The Morgan fingerprint density at radius 3 is 2.75 bits per heavy atom. The summed E-state index contributed by atoms with van der Waals surface area (Å²) in [5.41, 5.74) is 1.97. The summed E-state index contributed by atoms with van der Waals surface area (Å²) in [6.07, 6.45) is 5.21. The zero-order valence-corrected chi connectivity index (χ0v) is 16.5. The van der Waals surface area contributed by atoms with Gasteiger partial charge < -0.3 is 24.7 Å². The molecule has 0 spiro atoms. The fourth-order valence-electron chi connectivity index (χ4n) is 3.10. The van der Waals surface area contributed by atoms with E-state index in [1.165, 1.54) is 7.11 Å². The molecule has 9 nitrogen and oxygen atoms in total. The molecule has 0 saturated carbocycles. The summed E-state index contributed by atoms with van der Waals surface area (Å²) in [6, 6.07) is 3.58. The van der Waals surface area contributed by atoms with E-state index in [9.17, 15) is 4.79 Å². The van der Waals surface area contributed by atoms with E-state index >= 15 is 0 Å². The van der Waals surface area contributed by atoms with E-state index in [1.54, 1.807) is 18.5 Å². The van der Waals surface area contributed by atoms with Gasteiger partial charge in [-0.15, -0.1) is 12.4 Å². The molecular weight excluding hydrogens is 382 g/mol. The van der Waals surface area contributed by atoms with Crippen LogP contribution in [0.4, 0.5) is 11.6 Å².